The highest BCUT2D eigenvalue weighted by Crippen LogP contribution is 2.18. The molecule has 1 aromatic heterocycles. The number of guanidine groups is 1. The first-order valence-electron chi connectivity index (χ1n) is 12.3. The predicted molar refractivity (Wildman–Crippen MR) is 133 cm³/mol. The smallest absolute Gasteiger partial charge is 0.191 e. The number of nitrogens with zero attached hydrogens (tertiary/aromatic N) is 4. The number of hydrogen-bond donors (Lipinski definition) is 2. The second-order valence-electron chi connectivity index (χ2n) is 8.92. The molecule has 0 aliphatic carbocycles. The summed E-state index contributed by atoms with van der Waals surface area (Å²) < 4.78 is 0. The van der Waals surface area contributed by atoms with Crippen molar-refractivity contribution in [2.75, 3.05) is 37.6 Å². The molecular weight excluding hydrogens is 396 g/mol. The lowest BCUT2D eigenvalue weighted by molar-refractivity contribution is 0.221. The van der Waals surface area contributed by atoms with Crippen LogP contribution in [0.25, 0.3) is 0 Å². The third-order valence-electron chi connectivity index (χ3n) is 6.34. The third-order valence-corrected chi connectivity index (χ3v) is 6.34. The van der Waals surface area contributed by atoms with Gasteiger partial charge in [0.2, 0.25) is 0 Å². The van der Waals surface area contributed by atoms with Gasteiger partial charge in [0.15, 0.2) is 5.96 Å². The van der Waals surface area contributed by atoms with Crippen LogP contribution in [0.4, 0.5) is 5.82 Å². The lowest BCUT2D eigenvalue weighted by Crippen LogP contribution is -2.36. The molecule has 0 amide bonds. The van der Waals surface area contributed by atoms with E-state index in [0.29, 0.717) is 6.54 Å². The van der Waals surface area contributed by atoms with Gasteiger partial charge in [-0.1, -0.05) is 36.8 Å². The Morgan fingerprint density at radius 2 is 1.53 bits per heavy atom. The Kier molecular flexibility index (Phi) is 8.37. The van der Waals surface area contributed by atoms with Gasteiger partial charge in [0.1, 0.15) is 5.82 Å². The van der Waals surface area contributed by atoms with Gasteiger partial charge in [-0.2, -0.15) is 0 Å². The zero-order valence-corrected chi connectivity index (χ0v) is 19.5. The van der Waals surface area contributed by atoms with Crippen molar-refractivity contribution >= 4 is 11.8 Å². The van der Waals surface area contributed by atoms with Crippen molar-refractivity contribution in [1.82, 2.24) is 20.5 Å². The topological polar surface area (TPSA) is 55.8 Å². The Morgan fingerprint density at radius 3 is 2.22 bits per heavy atom. The summed E-state index contributed by atoms with van der Waals surface area (Å²) in [4.78, 5) is 14.3. The molecule has 0 spiro atoms. The third kappa shape index (κ3) is 6.70. The van der Waals surface area contributed by atoms with Crippen LogP contribution < -0.4 is 15.5 Å². The maximum atomic E-state index is 4.76. The minimum Gasteiger partial charge on any atom is -0.357 e. The fourth-order valence-electron chi connectivity index (χ4n) is 4.48. The lowest BCUT2D eigenvalue weighted by Gasteiger charge is -2.26. The lowest BCUT2D eigenvalue weighted by atomic mass is 10.1. The van der Waals surface area contributed by atoms with Gasteiger partial charge < -0.3 is 15.5 Å². The molecule has 2 aromatic rings. The van der Waals surface area contributed by atoms with Crippen LogP contribution in [0.3, 0.4) is 0 Å². The molecule has 0 bridgehead atoms. The van der Waals surface area contributed by atoms with Gasteiger partial charge in [-0.05, 0) is 68.5 Å². The molecule has 1 aromatic carbocycles. The number of rotatable bonds is 8. The standard InChI is InChI=1S/C26H38N6/c1-2-27-26(30-20-24-12-13-25(28-19-24)32-16-6-7-17-32)29-18-22-8-10-23(11-9-22)21-31-14-4-3-5-15-31/h8-13,19H,2-7,14-18,20-21H2,1H3,(H2,27,29,30). The molecule has 0 radical (unpaired) electrons. The van der Waals surface area contributed by atoms with Crippen molar-refractivity contribution in [3.8, 4) is 0 Å². The van der Waals surface area contributed by atoms with E-state index in [1.54, 1.807) is 0 Å². The van der Waals surface area contributed by atoms with Crippen molar-refractivity contribution in [2.24, 2.45) is 4.99 Å². The number of pyridine rings is 1. The maximum Gasteiger partial charge on any atom is 0.191 e. The Labute approximate surface area is 193 Å². The summed E-state index contributed by atoms with van der Waals surface area (Å²) in [6.45, 7) is 10.1. The van der Waals surface area contributed by atoms with Crippen molar-refractivity contribution < 1.29 is 0 Å². The molecule has 3 heterocycles. The minimum absolute atomic E-state index is 0.622. The van der Waals surface area contributed by atoms with Gasteiger partial charge in [-0.3, -0.25) is 4.90 Å². The van der Waals surface area contributed by atoms with E-state index in [1.807, 2.05) is 6.20 Å². The van der Waals surface area contributed by atoms with Crippen LogP contribution >= 0.6 is 0 Å². The molecule has 0 atom stereocenters. The van der Waals surface area contributed by atoms with Gasteiger partial charge in [0.05, 0.1) is 6.54 Å². The summed E-state index contributed by atoms with van der Waals surface area (Å²) in [7, 11) is 0. The fraction of sp³-hybridized carbons (Fsp3) is 0.538. The van der Waals surface area contributed by atoms with Crippen LogP contribution in [0.15, 0.2) is 47.6 Å². The number of benzene rings is 1. The Morgan fingerprint density at radius 1 is 0.844 bits per heavy atom. The van der Waals surface area contributed by atoms with Crippen molar-refractivity contribution in [2.45, 2.75) is 58.7 Å². The second kappa shape index (κ2) is 11.9. The van der Waals surface area contributed by atoms with Crippen LogP contribution in [-0.4, -0.2) is 48.6 Å². The highest BCUT2D eigenvalue weighted by atomic mass is 15.2. The molecule has 6 nitrogen and oxygen atoms in total. The number of anilines is 1. The number of aromatic nitrogens is 1. The molecule has 2 N–H and O–H groups in total. The Balaban J connectivity index is 1.27. The fourth-order valence-corrected chi connectivity index (χ4v) is 4.48. The number of aliphatic imine (C=N–C) groups is 1. The average Bonchev–Trinajstić information content (AvgIpc) is 3.38. The van der Waals surface area contributed by atoms with E-state index in [1.165, 1.54) is 56.3 Å². The largest absolute Gasteiger partial charge is 0.357 e. The van der Waals surface area contributed by atoms with E-state index in [9.17, 15) is 0 Å². The molecular formula is C26H38N6. The van der Waals surface area contributed by atoms with Crippen molar-refractivity contribution in [3.63, 3.8) is 0 Å². The first kappa shape index (κ1) is 22.6. The molecule has 0 saturated carbocycles. The van der Waals surface area contributed by atoms with Gasteiger partial charge >= 0.3 is 0 Å². The van der Waals surface area contributed by atoms with Crippen molar-refractivity contribution in [1.29, 1.82) is 0 Å². The van der Waals surface area contributed by atoms with Crippen molar-refractivity contribution in [3.05, 3.63) is 59.3 Å². The summed E-state index contributed by atoms with van der Waals surface area (Å²) in [6, 6.07) is 13.3. The molecule has 32 heavy (non-hydrogen) atoms. The van der Waals surface area contributed by atoms with E-state index < -0.39 is 0 Å². The molecule has 172 valence electrons. The molecule has 0 unspecified atom stereocenters. The SMILES string of the molecule is CCNC(=NCc1ccc(N2CCCC2)nc1)NCc1ccc(CN2CCCCC2)cc1. The van der Waals surface area contributed by atoms with Gasteiger partial charge in [-0.25, -0.2) is 9.98 Å². The van der Waals surface area contributed by atoms with Crippen LogP contribution in [-0.2, 0) is 19.6 Å². The van der Waals surface area contributed by atoms with Crippen LogP contribution in [0.2, 0.25) is 0 Å². The molecule has 6 heteroatoms. The van der Waals surface area contributed by atoms with E-state index in [4.69, 9.17) is 4.99 Å². The minimum atomic E-state index is 0.622. The Bertz CT molecular complexity index is 834. The number of piperidine rings is 1. The normalized spacial score (nSPS) is 17.5. The molecule has 2 aliphatic heterocycles. The van der Waals surface area contributed by atoms with E-state index in [2.05, 4.69) is 68.7 Å². The van der Waals surface area contributed by atoms with Crippen LogP contribution in [0, 0.1) is 0 Å². The molecule has 4 rings (SSSR count). The molecule has 2 saturated heterocycles. The van der Waals surface area contributed by atoms with Gasteiger partial charge in [0.25, 0.3) is 0 Å². The van der Waals surface area contributed by atoms with E-state index in [0.717, 1.165) is 50.1 Å². The zero-order chi connectivity index (χ0) is 22.0. The van der Waals surface area contributed by atoms with E-state index >= 15 is 0 Å². The monoisotopic (exact) mass is 434 g/mol. The zero-order valence-electron chi connectivity index (χ0n) is 19.5. The summed E-state index contributed by atoms with van der Waals surface area (Å²) in [5.41, 5.74) is 3.81. The number of hydrogen-bond acceptors (Lipinski definition) is 4. The quantitative estimate of drug-likeness (QED) is 0.487. The van der Waals surface area contributed by atoms with Crippen LogP contribution in [0.1, 0.15) is 55.7 Å². The maximum absolute atomic E-state index is 4.76. The predicted octanol–water partition coefficient (Wildman–Crippen LogP) is 3.92. The second-order valence-corrected chi connectivity index (χ2v) is 8.92. The number of nitrogens with one attached hydrogen (secondary N) is 2. The van der Waals surface area contributed by atoms with Gasteiger partial charge in [0, 0.05) is 38.9 Å². The van der Waals surface area contributed by atoms with E-state index in [-0.39, 0.29) is 0 Å². The highest BCUT2D eigenvalue weighted by Gasteiger charge is 2.13. The first-order chi connectivity index (χ1) is 15.8. The summed E-state index contributed by atoms with van der Waals surface area (Å²) in [5, 5.41) is 6.81. The van der Waals surface area contributed by atoms with Crippen LogP contribution in [0.5, 0.6) is 0 Å². The number of likely N-dealkylation sites (tertiary alicyclic amines) is 1. The molecule has 2 fully saturated rings. The summed E-state index contributed by atoms with van der Waals surface area (Å²) in [5.74, 6) is 1.93. The average molecular weight is 435 g/mol. The Hall–Kier alpha value is -2.60. The summed E-state index contributed by atoms with van der Waals surface area (Å²) in [6.07, 6.45) is 8.57. The molecule has 2 aliphatic rings. The van der Waals surface area contributed by atoms with Gasteiger partial charge in [-0.15, -0.1) is 0 Å². The summed E-state index contributed by atoms with van der Waals surface area (Å²) >= 11 is 0. The first-order valence-corrected chi connectivity index (χ1v) is 12.3. The highest BCUT2D eigenvalue weighted by molar-refractivity contribution is 5.79.